The molecule has 0 fully saturated rings. The van der Waals surface area contributed by atoms with E-state index in [1.54, 1.807) is 10.7 Å². The molecule has 0 atom stereocenters. The first-order chi connectivity index (χ1) is 17.4. The molecule has 0 aliphatic rings. The van der Waals surface area contributed by atoms with Gasteiger partial charge in [-0.2, -0.15) is 0 Å². The first-order valence-electron chi connectivity index (χ1n) is 13.9. The van der Waals surface area contributed by atoms with Crippen molar-refractivity contribution in [2.75, 3.05) is 7.11 Å². The Morgan fingerprint density at radius 2 is 1.50 bits per heavy atom. The van der Waals surface area contributed by atoms with Gasteiger partial charge >= 0.3 is 223 Å². The number of benzene rings is 2. The van der Waals surface area contributed by atoms with Crippen LogP contribution in [-0.4, -0.2) is 41.1 Å². The van der Waals surface area contributed by atoms with Crippen molar-refractivity contribution in [3.05, 3.63) is 59.3 Å². The molecule has 0 amide bonds. The summed E-state index contributed by atoms with van der Waals surface area (Å²) in [5, 5.41) is 10.5. The van der Waals surface area contributed by atoms with Gasteiger partial charge in [-0.1, -0.05) is 0 Å². The topological polar surface area (TPSA) is 51.5 Å². The summed E-state index contributed by atoms with van der Waals surface area (Å²) in [4.78, 5) is 11.6. The second-order valence-corrected chi connectivity index (χ2v) is 23.6. The number of hydrogen-bond donors (Lipinski definition) is 1. The molecule has 1 aromatic heterocycles. The summed E-state index contributed by atoms with van der Waals surface area (Å²) < 4.78 is 13.8. The van der Waals surface area contributed by atoms with Gasteiger partial charge < -0.3 is 0 Å². The molecule has 36 heavy (non-hydrogen) atoms. The second kappa shape index (κ2) is 13.6. The minimum atomic E-state index is -2.43. The fourth-order valence-corrected chi connectivity index (χ4v) is 21.7. The Labute approximate surface area is 221 Å². The van der Waals surface area contributed by atoms with E-state index >= 15 is 0 Å². The van der Waals surface area contributed by atoms with E-state index in [0.29, 0.717) is 0 Å². The van der Waals surface area contributed by atoms with E-state index in [1.165, 1.54) is 57.4 Å². The molecule has 0 unspecified atom stereocenters. The Balaban J connectivity index is 1.97. The molecule has 4 nitrogen and oxygen atoms in total. The van der Waals surface area contributed by atoms with Crippen LogP contribution >= 0.6 is 0 Å². The molecule has 1 heterocycles. The van der Waals surface area contributed by atoms with E-state index in [-0.39, 0.29) is 6.42 Å². The van der Waals surface area contributed by atoms with Crippen LogP contribution in [0.4, 0.5) is 0 Å². The average Bonchev–Trinajstić information content (AvgIpc) is 3.13. The molecule has 3 rings (SSSR count). The van der Waals surface area contributed by atoms with Crippen LogP contribution in [0.1, 0.15) is 76.1 Å². The first kappa shape index (κ1) is 28.6. The summed E-state index contributed by atoms with van der Waals surface area (Å²) >= 11 is -2.43. The molecule has 1 N–H and O–H groups in total. The third kappa shape index (κ3) is 6.67. The van der Waals surface area contributed by atoms with Crippen LogP contribution in [-0.2, 0) is 17.8 Å². The fraction of sp³-hybridized carbons (Fsp3) is 0.516. The van der Waals surface area contributed by atoms with Crippen molar-refractivity contribution in [3.63, 3.8) is 0 Å². The monoisotopic (exact) mass is 599 g/mol. The molecule has 5 heteroatoms. The maximum atomic E-state index is 11.6. The Morgan fingerprint density at radius 1 is 0.917 bits per heavy atom. The van der Waals surface area contributed by atoms with E-state index in [1.807, 2.05) is 19.1 Å². The van der Waals surface area contributed by atoms with Crippen LogP contribution in [0.2, 0.25) is 13.3 Å². The molecular weight excluding hydrogens is 553 g/mol. The molecule has 0 spiro atoms. The third-order valence-electron chi connectivity index (χ3n) is 7.92. The third-order valence-corrected chi connectivity index (χ3v) is 23.6. The van der Waals surface area contributed by atoms with E-state index < -0.39 is 24.3 Å². The van der Waals surface area contributed by atoms with Crippen molar-refractivity contribution >= 4 is 38.8 Å². The molecule has 0 aliphatic heterocycles. The molecule has 0 saturated carbocycles. The summed E-state index contributed by atoms with van der Waals surface area (Å²) in [6, 6.07) is 15.6. The number of ether oxygens (including phenoxy) is 1. The summed E-state index contributed by atoms with van der Waals surface area (Å²) in [7, 11) is 1.65. The molecule has 2 aromatic carbocycles. The number of rotatable bonds is 15. The van der Waals surface area contributed by atoms with E-state index in [2.05, 4.69) is 55.7 Å². The molecule has 0 saturated heterocycles. The Kier molecular flexibility index (Phi) is 10.8. The molecule has 0 aliphatic carbocycles. The normalized spacial score (nSPS) is 11.8. The fourth-order valence-electron chi connectivity index (χ4n) is 5.74. The van der Waals surface area contributed by atoms with Gasteiger partial charge in [0.1, 0.15) is 0 Å². The van der Waals surface area contributed by atoms with Crippen LogP contribution in [0.25, 0.3) is 10.9 Å². The Hall–Kier alpha value is -1.95. The molecule has 0 radical (unpaired) electrons. The van der Waals surface area contributed by atoms with Gasteiger partial charge in [-0.3, -0.25) is 0 Å². The number of aromatic nitrogens is 1. The number of methoxy groups -OCH3 is 1. The SMILES string of the molecule is CCC[CH2][Sn]([CH2]CCC)([CH2]CCC)[c]1ccc(Cn2c(C)c(CC(=O)O)c3cc(OC)ccc32)cc1. The second-order valence-electron chi connectivity index (χ2n) is 10.4. The zero-order valence-electron chi connectivity index (χ0n) is 23.0. The quantitative estimate of drug-likeness (QED) is 0.183. The van der Waals surface area contributed by atoms with Gasteiger partial charge in [-0.05, 0) is 0 Å². The summed E-state index contributed by atoms with van der Waals surface area (Å²) in [5.41, 5.74) is 4.24. The predicted octanol–water partition coefficient (Wildman–Crippen LogP) is 7.69. The summed E-state index contributed by atoms with van der Waals surface area (Å²) in [6.45, 7) is 9.78. The summed E-state index contributed by atoms with van der Waals surface area (Å²) in [5.74, 6) is -0.0508. The number of nitrogens with zero attached hydrogens (tertiary/aromatic N) is 1. The van der Waals surface area contributed by atoms with Crippen molar-refractivity contribution in [2.45, 2.75) is 92.5 Å². The molecular formula is C31H45NO3Sn. The number of fused-ring (bicyclic) bond motifs is 1. The van der Waals surface area contributed by atoms with Gasteiger partial charge in [-0.25, -0.2) is 0 Å². The number of hydrogen-bond acceptors (Lipinski definition) is 2. The Bertz CT molecular complexity index is 1110. The van der Waals surface area contributed by atoms with Crippen LogP contribution < -0.4 is 8.32 Å². The van der Waals surface area contributed by atoms with Gasteiger partial charge in [0.15, 0.2) is 0 Å². The van der Waals surface area contributed by atoms with Crippen LogP contribution in [0.3, 0.4) is 0 Å². The van der Waals surface area contributed by atoms with Gasteiger partial charge in [0.05, 0.1) is 0 Å². The van der Waals surface area contributed by atoms with Crippen molar-refractivity contribution in [2.24, 2.45) is 0 Å². The summed E-state index contributed by atoms with van der Waals surface area (Å²) in [6.07, 6.45) is 8.00. The van der Waals surface area contributed by atoms with Crippen molar-refractivity contribution in [1.82, 2.24) is 4.57 Å². The first-order valence-corrected chi connectivity index (χ1v) is 21.3. The van der Waals surface area contributed by atoms with Crippen molar-refractivity contribution < 1.29 is 14.6 Å². The van der Waals surface area contributed by atoms with E-state index in [4.69, 9.17) is 4.74 Å². The standard InChI is InChI=1S/C19H18NO3.3C4H9.Sn/c1-13-16(11-19(21)22)17-10-15(23-2)8-9-18(17)20(13)12-14-6-4-3-5-7-14;3*1-3-4-2;/h4-10H,11-12H2,1-2H3,(H,21,22);3*1,3-4H2,2H3;. The van der Waals surface area contributed by atoms with Gasteiger partial charge in [0, 0.05) is 0 Å². The van der Waals surface area contributed by atoms with Crippen LogP contribution in [0, 0.1) is 6.92 Å². The van der Waals surface area contributed by atoms with E-state index in [0.717, 1.165) is 34.5 Å². The van der Waals surface area contributed by atoms with Gasteiger partial charge in [-0.15, -0.1) is 0 Å². The molecule has 0 bridgehead atoms. The average molecular weight is 598 g/mol. The van der Waals surface area contributed by atoms with E-state index in [9.17, 15) is 9.90 Å². The number of carboxylic acid groups (broad SMARTS) is 1. The van der Waals surface area contributed by atoms with Crippen LogP contribution in [0.15, 0.2) is 42.5 Å². The van der Waals surface area contributed by atoms with Gasteiger partial charge in [0.25, 0.3) is 0 Å². The van der Waals surface area contributed by atoms with Crippen molar-refractivity contribution in [1.29, 1.82) is 0 Å². The maximum absolute atomic E-state index is 11.6. The number of carbonyl (C=O) groups is 1. The zero-order chi connectivity index (χ0) is 26.1. The Morgan fingerprint density at radius 3 is 2.00 bits per heavy atom. The zero-order valence-corrected chi connectivity index (χ0v) is 25.9. The number of carboxylic acids is 1. The van der Waals surface area contributed by atoms with Crippen LogP contribution in [0.5, 0.6) is 5.75 Å². The molecule has 196 valence electrons. The number of unbranched alkanes of at least 4 members (excludes halogenated alkanes) is 3. The van der Waals surface area contributed by atoms with Gasteiger partial charge in [0.2, 0.25) is 0 Å². The molecule has 3 aromatic rings. The minimum absolute atomic E-state index is 0.0186. The number of aliphatic carboxylic acids is 1. The predicted molar refractivity (Wildman–Crippen MR) is 155 cm³/mol. The van der Waals surface area contributed by atoms with Crippen molar-refractivity contribution in [3.8, 4) is 5.75 Å².